The summed E-state index contributed by atoms with van der Waals surface area (Å²) in [4.78, 5) is 37.4. The summed E-state index contributed by atoms with van der Waals surface area (Å²) in [6, 6.07) is 11.1. The van der Waals surface area contributed by atoms with Crippen LogP contribution in [0.2, 0.25) is 5.02 Å². The van der Waals surface area contributed by atoms with Crippen LogP contribution in [0.3, 0.4) is 0 Å². The molecule has 0 unspecified atom stereocenters. The molecular formula is C24H28ClNO6. The van der Waals surface area contributed by atoms with Crippen molar-refractivity contribution in [3.05, 3.63) is 58.6 Å². The first-order valence-electron chi connectivity index (χ1n) is 10.2. The van der Waals surface area contributed by atoms with E-state index in [-0.39, 0.29) is 37.1 Å². The average molecular weight is 462 g/mol. The molecular weight excluding hydrogens is 434 g/mol. The molecule has 0 fully saturated rings. The molecule has 1 amide bonds. The van der Waals surface area contributed by atoms with E-state index < -0.39 is 12.0 Å². The Morgan fingerprint density at radius 2 is 1.66 bits per heavy atom. The van der Waals surface area contributed by atoms with Crippen molar-refractivity contribution in [3.8, 4) is 11.5 Å². The number of carbonyl (C=O) groups excluding carboxylic acids is 3. The smallest absolute Gasteiger partial charge is 0.308 e. The number of amides is 1. The Bertz CT molecular complexity index is 959. The maximum atomic E-state index is 12.6. The highest BCUT2D eigenvalue weighted by atomic mass is 35.5. The van der Waals surface area contributed by atoms with Gasteiger partial charge in [-0.1, -0.05) is 29.8 Å². The van der Waals surface area contributed by atoms with E-state index in [4.69, 9.17) is 25.8 Å². The lowest BCUT2D eigenvalue weighted by atomic mass is 10.0. The molecule has 0 saturated heterocycles. The molecule has 0 saturated carbocycles. The summed E-state index contributed by atoms with van der Waals surface area (Å²) in [6.07, 6.45) is -0.401. The van der Waals surface area contributed by atoms with Gasteiger partial charge in [0.1, 0.15) is 0 Å². The number of hydrogen-bond donors (Lipinski definition) is 1. The lowest BCUT2D eigenvalue weighted by Crippen LogP contribution is -2.31. The normalized spacial score (nSPS) is 11.6. The van der Waals surface area contributed by atoms with E-state index in [1.54, 1.807) is 56.3 Å². The molecule has 0 radical (unpaired) electrons. The molecule has 0 aliphatic rings. The van der Waals surface area contributed by atoms with Gasteiger partial charge >= 0.3 is 5.97 Å². The van der Waals surface area contributed by atoms with Gasteiger partial charge in [-0.05, 0) is 43.7 Å². The number of nitrogens with one attached hydrogen (secondary N) is 1. The quantitative estimate of drug-likeness (QED) is 0.391. The van der Waals surface area contributed by atoms with Crippen molar-refractivity contribution in [2.24, 2.45) is 0 Å². The molecule has 8 heteroatoms. The van der Waals surface area contributed by atoms with Crippen LogP contribution in [0.25, 0.3) is 0 Å². The van der Waals surface area contributed by atoms with Crippen molar-refractivity contribution in [1.82, 2.24) is 5.32 Å². The fourth-order valence-electron chi connectivity index (χ4n) is 3.12. The molecule has 172 valence electrons. The van der Waals surface area contributed by atoms with Crippen LogP contribution in [0, 0.1) is 0 Å². The van der Waals surface area contributed by atoms with Crippen LogP contribution < -0.4 is 14.8 Å². The molecule has 32 heavy (non-hydrogen) atoms. The van der Waals surface area contributed by atoms with E-state index in [0.29, 0.717) is 27.6 Å². The number of carbonyl (C=O) groups is 3. The molecule has 2 rings (SSSR count). The highest BCUT2D eigenvalue weighted by molar-refractivity contribution is 6.31. The monoisotopic (exact) mass is 461 g/mol. The molecule has 0 aliphatic carbocycles. The molecule has 7 nitrogen and oxygen atoms in total. The Balaban J connectivity index is 2.05. The first-order valence-corrected chi connectivity index (χ1v) is 10.6. The van der Waals surface area contributed by atoms with Gasteiger partial charge in [0.2, 0.25) is 5.91 Å². The summed E-state index contributed by atoms with van der Waals surface area (Å²) >= 11 is 6.27. The zero-order valence-electron chi connectivity index (χ0n) is 18.6. The van der Waals surface area contributed by atoms with E-state index in [9.17, 15) is 14.4 Å². The molecule has 1 atom stereocenters. The molecule has 0 aromatic heterocycles. The Hall–Kier alpha value is -3.06. The predicted molar refractivity (Wildman–Crippen MR) is 121 cm³/mol. The number of Topliss-reactive ketones (excluding diaryl/α,β-unsaturated/α-hetero) is 1. The molecule has 0 aliphatic heterocycles. The summed E-state index contributed by atoms with van der Waals surface area (Å²) in [7, 11) is 2.99. The van der Waals surface area contributed by atoms with Crippen LogP contribution >= 0.6 is 11.6 Å². The highest BCUT2D eigenvalue weighted by Gasteiger charge is 2.22. The van der Waals surface area contributed by atoms with E-state index in [1.165, 1.54) is 14.2 Å². The molecule has 2 aromatic rings. The number of methoxy groups -OCH3 is 2. The second-order valence-electron chi connectivity index (χ2n) is 7.38. The minimum absolute atomic E-state index is 0.00695. The van der Waals surface area contributed by atoms with Gasteiger partial charge in [-0.2, -0.15) is 0 Å². The van der Waals surface area contributed by atoms with Crippen LogP contribution in [-0.2, 0) is 14.3 Å². The van der Waals surface area contributed by atoms with Crippen molar-refractivity contribution in [2.45, 2.75) is 45.3 Å². The van der Waals surface area contributed by atoms with Crippen LogP contribution in [0.15, 0.2) is 42.5 Å². The van der Waals surface area contributed by atoms with Crippen molar-refractivity contribution in [1.29, 1.82) is 0 Å². The summed E-state index contributed by atoms with van der Waals surface area (Å²) in [5.74, 6) is -0.0924. The Labute approximate surface area is 193 Å². The lowest BCUT2D eigenvalue weighted by molar-refractivity contribution is -0.148. The van der Waals surface area contributed by atoms with Crippen molar-refractivity contribution in [2.75, 3.05) is 14.2 Å². The molecule has 0 bridgehead atoms. The Morgan fingerprint density at radius 1 is 0.969 bits per heavy atom. The van der Waals surface area contributed by atoms with E-state index in [2.05, 4.69) is 5.32 Å². The van der Waals surface area contributed by atoms with E-state index in [1.807, 2.05) is 0 Å². The van der Waals surface area contributed by atoms with Gasteiger partial charge < -0.3 is 19.5 Å². The third-order valence-corrected chi connectivity index (χ3v) is 4.98. The SMILES string of the molecule is COc1ccc(C(=O)CCC(=O)N[C@H](CC(=O)OC(C)C)c2ccccc2Cl)cc1OC. The number of rotatable bonds is 11. The van der Waals surface area contributed by atoms with Crippen molar-refractivity contribution in [3.63, 3.8) is 0 Å². The molecule has 1 N–H and O–H groups in total. The second kappa shape index (κ2) is 12.1. The number of ketones is 1. The minimum Gasteiger partial charge on any atom is -0.493 e. The van der Waals surface area contributed by atoms with Crippen LogP contribution in [0.5, 0.6) is 11.5 Å². The zero-order valence-corrected chi connectivity index (χ0v) is 19.4. The number of esters is 1. The van der Waals surface area contributed by atoms with Crippen LogP contribution in [-0.4, -0.2) is 38.0 Å². The van der Waals surface area contributed by atoms with Gasteiger partial charge in [-0.15, -0.1) is 0 Å². The first-order chi connectivity index (χ1) is 15.2. The predicted octanol–water partition coefficient (Wildman–Crippen LogP) is 4.52. The van der Waals surface area contributed by atoms with Gasteiger partial charge in [0, 0.05) is 23.4 Å². The summed E-state index contributed by atoms with van der Waals surface area (Å²) in [6.45, 7) is 3.50. The number of halogens is 1. The van der Waals surface area contributed by atoms with E-state index >= 15 is 0 Å². The zero-order chi connectivity index (χ0) is 23.7. The number of hydrogen-bond acceptors (Lipinski definition) is 6. The fraction of sp³-hybridized carbons (Fsp3) is 0.375. The van der Waals surface area contributed by atoms with Crippen molar-refractivity contribution >= 4 is 29.3 Å². The Kier molecular flexibility index (Phi) is 9.53. The molecule has 2 aromatic carbocycles. The minimum atomic E-state index is -0.668. The summed E-state index contributed by atoms with van der Waals surface area (Å²) < 4.78 is 15.6. The largest absolute Gasteiger partial charge is 0.493 e. The van der Waals surface area contributed by atoms with Crippen LogP contribution in [0.4, 0.5) is 0 Å². The number of ether oxygens (including phenoxy) is 3. The van der Waals surface area contributed by atoms with E-state index in [0.717, 1.165) is 0 Å². The summed E-state index contributed by atoms with van der Waals surface area (Å²) in [5.41, 5.74) is 1.02. The van der Waals surface area contributed by atoms with Gasteiger partial charge in [0.15, 0.2) is 17.3 Å². The average Bonchev–Trinajstić information content (AvgIpc) is 2.76. The third kappa shape index (κ3) is 7.27. The standard InChI is InChI=1S/C24H28ClNO6/c1-15(2)32-24(29)14-19(17-7-5-6-8-18(17)25)26-23(28)12-10-20(27)16-9-11-21(30-3)22(13-16)31-4/h5-9,11,13,15,19H,10,12,14H2,1-4H3,(H,26,28)/t19-/m1/s1. The fourth-order valence-corrected chi connectivity index (χ4v) is 3.39. The Morgan fingerprint density at radius 3 is 2.28 bits per heavy atom. The third-order valence-electron chi connectivity index (χ3n) is 4.64. The highest BCUT2D eigenvalue weighted by Crippen LogP contribution is 2.28. The second-order valence-corrected chi connectivity index (χ2v) is 7.78. The molecule has 0 heterocycles. The molecule has 0 spiro atoms. The topological polar surface area (TPSA) is 90.9 Å². The lowest BCUT2D eigenvalue weighted by Gasteiger charge is -2.20. The van der Waals surface area contributed by atoms with Gasteiger partial charge in [-0.25, -0.2) is 0 Å². The van der Waals surface area contributed by atoms with Gasteiger partial charge in [0.25, 0.3) is 0 Å². The summed E-state index contributed by atoms with van der Waals surface area (Å²) in [5, 5.41) is 3.23. The maximum absolute atomic E-state index is 12.6. The van der Waals surface area contributed by atoms with Crippen molar-refractivity contribution < 1.29 is 28.6 Å². The van der Waals surface area contributed by atoms with Gasteiger partial charge in [0.05, 0.1) is 32.8 Å². The van der Waals surface area contributed by atoms with Crippen LogP contribution in [0.1, 0.15) is 55.1 Å². The van der Waals surface area contributed by atoms with Gasteiger partial charge in [-0.3, -0.25) is 14.4 Å². The maximum Gasteiger partial charge on any atom is 0.308 e. The number of benzene rings is 2. The first kappa shape index (κ1) is 25.2.